The number of furan rings is 1. The van der Waals surface area contributed by atoms with Crippen molar-refractivity contribution < 1.29 is 32.9 Å². The third-order valence-electron chi connectivity index (χ3n) is 4.28. The van der Waals surface area contributed by atoms with Crippen molar-refractivity contribution in [1.82, 2.24) is 0 Å². The Kier molecular flexibility index (Phi) is 6.01. The quantitative estimate of drug-likeness (QED) is 0.556. The van der Waals surface area contributed by atoms with E-state index in [4.69, 9.17) is 28.1 Å². The number of rotatable bonds is 8. The van der Waals surface area contributed by atoms with Gasteiger partial charge < -0.3 is 33.4 Å². The molecule has 3 rings (SSSR count). The molecule has 0 aliphatic heterocycles. The van der Waals surface area contributed by atoms with Gasteiger partial charge in [-0.15, -0.1) is 0 Å². The first-order valence-electron chi connectivity index (χ1n) is 8.91. The lowest BCUT2D eigenvalue weighted by atomic mass is 10.2. The molecule has 1 heterocycles. The number of hydrogen-bond acceptors (Lipinski definition) is 8. The number of esters is 1. The summed E-state index contributed by atoms with van der Waals surface area (Å²) in [4.78, 5) is 12.3. The molecule has 0 spiro atoms. The highest BCUT2D eigenvalue weighted by molar-refractivity contribution is 6.06. The Balaban J connectivity index is 2.17. The Bertz CT molecular complexity index is 1000. The van der Waals surface area contributed by atoms with Crippen molar-refractivity contribution in [3.05, 3.63) is 36.1 Å². The fourth-order valence-electron chi connectivity index (χ4n) is 3.02. The third-order valence-corrected chi connectivity index (χ3v) is 4.28. The second-order valence-corrected chi connectivity index (χ2v) is 5.90. The highest BCUT2D eigenvalue weighted by atomic mass is 16.5. The summed E-state index contributed by atoms with van der Waals surface area (Å²) in [5.41, 5.74) is 1.50. The van der Waals surface area contributed by atoms with Crippen molar-refractivity contribution in [1.29, 1.82) is 0 Å². The molecule has 2 aromatic carbocycles. The van der Waals surface area contributed by atoms with Gasteiger partial charge in [-0.25, -0.2) is 4.79 Å². The molecule has 0 aliphatic rings. The largest absolute Gasteiger partial charge is 0.493 e. The van der Waals surface area contributed by atoms with Crippen LogP contribution < -0.4 is 24.3 Å². The zero-order valence-electron chi connectivity index (χ0n) is 17.0. The fraction of sp³-hybridized carbons (Fsp3) is 0.286. The van der Waals surface area contributed by atoms with Crippen molar-refractivity contribution in [2.45, 2.75) is 6.92 Å². The number of carbonyl (C=O) groups is 1. The lowest BCUT2D eigenvalue weighted by Crippen LogP contribution is -2.04. The molecule has 3 aromatic rings. The van der Waals surface area contributed by atoms with E-state index in [0.717, 1.165) is 0 Å². The van der Waals surface area contributed by atoms with E-state index in [2.05, 4.69) is 5.32 Å². The maximum absolute atomic E-state index is 12.3. The minimum absolute atomic E-state index is 0.0309. The lowest BCUT2D eigenvalue weighted by molar-refractivity contribution is 0.0569. The predicted molar refractivity (Wildman–Crippen MR) is 108 cm³/mol. The summed E-state index contributed by atoms with van der Waals surface area (Å²) in [5.74, 6) is 1.35. The number of ether oxygens (including phenoxy) is 5. The van der Waals surface area contributed by atoms with Gasteiger partial charge in [0.05, 0.1) is 35.0 Å². The average Bonchev–Trinajstić information content (AvgIpc) is 3.12. The number of nitrogens with one attached hydrogen (secondary N) is 1. The van der Waals surface area contributed by atoms with Crippen LogP contribution in [0.15, 0.2) is 34.7 Å². The second kappa shape index (κ2) is 8.64. The number of methoxy groups -OCH3 is 4. The minimum Gasteiger partial charge on any atom is -0.493 e. The van der Waals surface area contributed by atoms with E-state index in [1.165, 1.54) is 28.4 Å². The normalized spacial score (nSPS) is 10.5. The summed E-state index contributed by atoms with van der Waals surface area (Å²) in [5, 5.41) is 3.89. The van der Waals surface area contributed by atoms with E-state index < -0.39 is 5.97 Å². The summed E-state index contributed by atoms with van der Waals surface area (Å²) >= 11 is 0. The maximum Gasteiger partial charge on any atom is 0.376 e. The van der Waals surface area contributed by atoms with Crippen LogP contribution in [-0.2, 0) is 4.74 Å². The van der Waals surface area contributed by atoms with Gasteiger partial charge in [0.2, 0.25) is 11.5 Å². The van der Waals surface area contributed by atoms with Gasteiger partial charge in [-0.1, -0.05) is 6.07 Å². The first kappa shape index (κ1) is 20.2. The van der Waals surface area contributed by atoms with Gasteiger partial charge in [0.1, 0.15) is 5.69 Å². The molecule has 0 fully saturated rings. The van der Waals surface area contributed by atoms with Crippen LogP contribution in [0.1, 0.15) is 17.5 Å². The lowest BCUT2D eigenvalue weighted by Gasteiger charge is -2.15. The molecule has 1 aromatic heterocycles. The van der Waals surface area contributed by atoms with Gasteiger partial charge in [0.15, 0.2) is 22.8 Å². The van der Waals surface area contributed by atoms with Crippen molar-refractivity contribution in [3.63, 3.8) is 0 Å². The molecule has 29 heavy (non-hydrogen) atoms. The maximum atomic E-state index is 12.3. The standard InChI is InChI=1S/C21H23NO7/c1-6-28-14-9-7-8-13-17(20(21(23)27-5)29-18(13)14)22-12-10-15(24-2)19(26-4)16(11-12)25-3/h7-11,22H,6H2,1-5H3. The van der Waals surface area contributed by atoms with E-state index in [1.54, 1.807) is 18.2 Å². The number of anilines is 2. The number of carbonyl (C=O) groups excluding carboxylic acids is 1. The van der Waals surface area contributed by atoms with Gasteiger partial charge in [-0.3, -0.25) is 0 Å². The van der Waals surface area contributed by atoms with E-state index in [9.17, 15) is 4.79 Å². The minimum atomic E-state index is -0.612. The SMILES string of the molecule is CCOc1cccc2c(Nc3cc(OC)c(OC)c(OC)c3)c(C(=O)OC)oc12. The summed E-state index contributed by atoms with van der Waals surface area (Å²) in [6, 6.07) is 8.89. The predicted octanol–water partition coefficient (Wildman–Crippen LogP) is 4.39. The Morgan fingerprint density at radius 1 is 1.00 bits per heavy atom. The monoisotopic (exact) mass is 401 g/mol. The van der Waals surface area contributed by atoms with Crippen LogP contribution in [0.25, 0.3) is 11.0 Å². The van der Waals surface area contributed by atoms with Crippen LogP contribution in [-0.4, -0.2) is 41.0 Å². The summed E-state index contributed by atoms with van der Waals surface area (Å²) in [7, 11) is 5.88. The van der Waals surface area contributed by atoms with Crippen LogP contribution in [0.4, 0.5) is 11.4 Å². The zero-order valence-corrected chi connectivity index (χ0v) is 17.0. The van der Waals surface area contributed by atoms with Gasteiger partial charge in [0.25, 0.3) is 0 Å². The molecule has 1 N–H and O–H groups in total. The van der Waals surface area contributed by atoms with Crippen LogP contribution in [0.3, 0.4) is 0 Å². The smallest absolute Gasteiger partial charge is 0.376 e. The number of hydrogen-bond donors (Lipinski definition) is 1. The van der Waals surface area contributed by atoms with Crippen molar-refractivity contribution in [3.8, 4) is 23.0 Å². The van der Waals surface area contributed by atoms with Crippen molar-refractivity contribution in [2.75, 3.05) is 40.4 Å². The molecule has 154 valence electrons. The summed E-state index contributed by atoms with van der Waals surface area (Å²) in [6.45, 7) is 2.33. The summed E-state index contributed by atoms with van der Waals surface area (Å²) in [6.07, 6.45) is 0. The molecule has 0 aliphatic carbocycles. The topological polar surface area (TPSA) is 88.4 Å². The van der Waals surface area contributed by atoms with Crippen LogP contribution >= 0.6 is 0 Å². The third kappa shape index (κ3) is 3.73. The van der Waals surface area contributed by atoms with E-state index in [-0.39, 0.29) is 5.76 Å². The average molecular weight is 401 g/mol. The van der Waals surface area contributed by atoms with Gasteiger partial charge in [0, 0.05) is 23.2 Å². The molecule has 8 heteroatoms. The Morgan fingerprint density at radius 3 is 2.24 bits per heavy atom. The first-order valence-corrected chi connectivity index (χ1v) is 8.91. The number of para-hydroxylation sites is 1. The summed E-state index contributed by atoms with van der Waals surface area (Å²) < 4.78 is 32.5. The van der Waals surface area contributed by atoms with Crippen LogP contribution in [0, 0.1) is 0 Å². The fourth-order valence-corrected chi connectivity index (χ4v) is 3.02. The van der Waals surface area contributed by atoms with Crippen molar-refractivity contribution in [2.24, 2.45) is 0 Å². The molecule has 0 atom stereocenters. The molecular weight excluding hydrogens is 378 g/mol. The Hall–Kier alpha value is -3.55. The van der Waals surface area contributed by atoms with Gasteiger partial charge in [-0.2, -0.15) is 0 Å². The number of fused-ring (bicyclic) bond motifs is 1. The zero-order chi connectivity index (χ0) is 21.0. The first-order chi connectivity index (χ1) is 14.1. The number of benzene rings is 2. The Morgan fingerprint density at radius 2 is 1.69 bits per heavy atom. The molecule has 0 bridgehead atoms. The van der Waals surface area contributed by atoms with Crippen molar-refractivity contribution >= 4 is 28.3 Å². The van der Waals surface area contributed by atoms with E-state index in [1.807, 2.05) is 19.1 Å². The molecular formula is C21H23NO7. The molecule has 0 amide bonds. The Labute approximate surface area is 168 Å². The van der Waals surface area contributed by atoms with Gasteiger partial charge in [-0.05, 0) is 19.1 Å². The molecule has 8 nitrogen and oxygen atoms in total. The van der Waals surface area contributed by atoms with Crippen LogP contribution in [0.5, 0.6) is 23.0 Å². The van der Waals surface area contributed by atoms with Crippen LogP contribution in [0.2, 0.25) is 0 Å². The van der Waals surface area contributed by atoms with E-state index >= 15 is 0 Å². The van der Waals surface area contributed by atoms with E-state index in [0.29, 0.717) is 51.9 Å². The second-order valence-electron chi connectivity index (χ2n) is 5.90. The highest BCUT2D eigenvalue weighted by Gasteiger charge is 2.24. The molecule has 0 saturated carbocycles. The molecule has 0 saturated heterocycles. The van der Waals surface area contributed by atoms with Gasteiger partial charge >= 0.3 is 5.97 Å². The molecule has 0 unspecified atom stereocenters. The highest BCUT2D eigenvalue weighted by Crippen LogP contribution is 2.43. The molecule has 0 radical (unpaired) electrons.